The molecule has 0 N–H and O–H groups in total. The van der Waals surface area contributed by atoms with E-state index in [2.05, 4.69) is 10.8 Å². The Bertz CT molecular complexity index is 284. The predicted molar refractivity (Wildman–Crippen MR) is 41.4 cm³/mol. The monoisotopic (exact) mass is 189 g/mol. The highest BCUT2D eigenvalue weighted by Crippen LogP contribution is 2.24. The van der Waals surface area contributed by atoms with Crippen molar-refractivity contribution in [3.05, 3.63) is 29.3 Å². The van der Waals surface area contributed by atoms with Crippen LogP contribution in [0, 0.1) is 19.9 Å². The maximum atomic E-state index is 11.8. The minimum Gasteiger partial charge on any atom is -0.406 e. The highest BCUT2D eigenvalue weighted by molar-refractivity contribution is 5.32. The van der Waals surface area contributed by atoms with Crippen LogP contribution in [0.4, 0.5) is 13.2 Å². The van der Waals surface area contributed by atoms with Crippen LogP contribution in [0.5, 0.6) is 5.75 Å². The first-order valence-electron chi connectivity index (χ1n) is 3.63. The highest BCUT2D eigenvalue weighted by Gasteiger charge is 2.31. The number of hydrogen-bond donors (Lipinski definition) is 0. The van der Waals surface area contributed by atoms with Gasteiger partial charge in [-0.05, 0) is 43.2 Å². The third kappa shape index (κ3) is 3.36. The van der Waals surface area contributed by atoms with Gasteiger partial charge in [-0.2, -0.15) is 0 Å². The van der Waals surface area contributed by atoms with Crippen molar-refractivity contribution in [1.29, 1.82) is 0 Å². The normalized spacial score (nSPS) is 11.5. The van der Waals surface area contributed by atoms with Gasteiger partial charge in [0.2, 0.25) is 0 Å². The lowest BCUT2D eigenvalue weighted by Gasteiger charge is -2.09. The van der Waals surface area contributed by atoms with Gasteiger partial charge in [-0.1, -0.05) is 0 Å². The zero-order chi connectivity index (χ0) is 10.1. The van der Waals surface area contributed by atoms with E-state index >= 15 is 0 Å². The highest BCUT2D eigenvalue weighted by atomic mass is 19.4. The summed E-state index contributed by atoms with van der Waals surface area (Å²) < 4.78 is 39.1. The first kappa shape index (κ1) is 9.89. The predicted octanol–water partition coefficient (Wildman–Crippen LogP) is 3.00. The third-order valence-corrected chi connectivity index (χ3v) is 1.35. The van der Waals surface area contributed by atoms with Gasteiger partial charge in [0, 0.05) is 0 Å². The zero-order valence-electron chi connectivity index (χ0n) is 7.20. The van der Waals surface area contributed by atoms with E-state index in [1.54, 1.807) is 13.8 Å². The molecule has 1 radical (unpaired) electrons. The molecular formula is C9H8F3O. The molecule has 0 saturated carbocycles. The molecule has 1 aromatic carbocycles. The molecule has 71 valence electrons. The van der Waals surface area contributed by atoms with E-state index < -0.39 is 6.36 Å². The molecule has 0 aromatic heterocycles. The lowest BCUT2D eigenvalue weighted by atomic mass is 10.1. The minimum atomic E-state index is -4.62. The molecule has 0 heterocycles. The standard InChI is InChI=1S/C9H8F3O/c1-6-3-7(2)5-8(4-6)13-9(10,11)12/h4-5H,1-2H3. The largest absolute Gasteiger partial charge is 0.573 e. The molecule has 0 atom stereocenters. The van der Waals surface area contributed by atoms with Crippen molar-refractivity contribution in [2.45, 2.75) is 20.2 Å². The molecule has 0 spiro atoms. The van der Waals surface area contributed by atoms with Crippen molar-refractivity contribution >= 4 is 0 Å². The number of benzene rings is 1. The second-order valence-corrected chi connectivity index (χ2v) is 2.73. The number of rotatable bonds is 1. The van der Waals surface area contributed by atoms with Crippen LogP contribution in [0.25, 0.3) is 0 Å². The van der Waals surface area contributed by atoms with Gasteiger partial charge in [0.25, 0.3) is 0 Å². The molecule has 0 unspecified atom stereocenters. The maximum absolute atomic E-state index is 11.8. The Labute approximate surface area is 74.1 Å². The fourth-order valence-electron chi connectivity index (χ4n) is 1.04. The fraction of sp³-hybridized carbons (Fsp3) is 0.333. The van der Waals surface area contributed by atoms with Crippen LogP contribution < -0.4 is 4.74 Å². The van der Waals surface area contributed by atoms with Gasteiger partial charge in [0.15, 0.2) is 0 Å². The smallest absolute Gasteiger partial charge is 0.406 e. The van der Waals surface area contributed by atoms with Crippen LogP contribution in [0.2, 0.25) is 0 Å². The molecule has 0 amide bonds. The van der Waals surface area contributed by atoms with Crippen LogP contribution in [-0.4, -0.2) is 6.36 Å². The van der Waals surface area contributed by atoms with Crippen LogP contribution in [0.15, 0.2) is 12.1 Å². The second kappa shape index (κ2) is 3.28. The quantitative estimate of drug-likeness (QED) is 0.659. The number of halogens is 3. The summed E-state index contributed by atoms with van der Waals surface area (Å²) >= 11 is 0. The van der Waals surface area contributed by atoms with E-state index in [1.165, 1.54) is 12.1 Å². The molecule has 0 aliphatic heterocycles. The summed E-state index contributed by atoms with van der Waals surface area (Å²) in [6.45, 7) is 3.33. The second-order valence-electron chi connectivity index (χ2n) is 2.73. The van der Waals surface area contributed by atoms with E-state index in [0.717, 1.165) is 0 Å². The van der Waals surface area contributed by atoms with E-state index in [0.29, 0.717) is 11.1 Å². The molecule has 0 fully saturated rings. The van der Waals surface area contributed by atoms with E-state index in [4.69, 9.17) is 0 Å². The summed E-state index contributed by atoms with van der Waals surface area (Å²) in [7, 11) is 0. The summed E-state index contributed by atoms with van der Waals surface area (Å²) in [5.74, 6) is -0.193. The van der Waals surface area contributed by atoms with Crippen molar-refractivity contribution in [3.63, 3.8) is 0 Å². The average molecular weight is 189 g/mol. The zero-order valence-corrected chi connectivity index (χ0v) is 7.20. The van der Waals surface area contributed by atoms with Crippen molar-refractivity contribution in [2.75, 3.05) is 0 Å². The molecule has 0 aliphatic carbocycles. The van der Waals surface area contributed by atoms with Gasteiger partial charge in [0.05, 0.1) is 0 Å². The van der Waals surface area contributed by atoms with Gasteiger partial charge in [-0.3, -0.25) is 0 Å². The molecule has 0 bridgehead atoms. The average Bonchev–Trinajstić information content (AvgIpc) is 1.78. The number of alkyl halides is 3. The Kier molecular flexibility index (Phi) is 2.50. The Morgan fingerprint density at radius 2 is 1.62 bits per heavy atom. The van der Waals surface area contributed by atoms with Gasteiger partial charge >= 0.3 is 6.36 Å². The van der Waals surface area contributed by atoms with Gasteiger partial charge in [0.1, 0.15) is 5.75 Å². The molecule has 13 heavy (non-hydrogen) atoms. The summed E-state index contributed by atoms with van der Waals surface area (Å²) in [6.07, 6.45) is -4.62. The van der Waals surface area contributed by atoms with Crippen LogP contribution in [-0.2, 0) is 0 Å². The van der Waals surface area contributed by atoms with Crippen molar-refractivity contribution < 1.29 is 17.9 Å². The summed E-state index contributed by atoms with van der Waals surface area (Å²) in [5.41, 5.74) is 1.25. The molecule has 4 heteroatoms. The summed E-state index contributed by atoms with van der Waals surface area (Å²) in [6, 6.07) is 5.43. The fourth-order valence-corrected chi connectivity index (χ4v) is 1.04. The van der Waals surface area contributed by atoms with Crippen molar-refractivity contribution in [3.8, 4) is 5.75 Å². The van der Waals surface area contributed by atoms with Gasteiger partial charge in [-0.15, -0.1) is 13.2 Å². The number of aryl methyl sites for hydroxylation is 2. The van der Waals surface area contributed by atoms with Gasteiger partial charge < -0.3 is 4.74 Å². The Balaban J connectivity index is 2.90. The molecule has 0 aliphatic rings. The Hall–Kier alpha value is -1.19. The minimum absolute atomic E-state index is 0.193. The SMILES string of the molecule is Cc1[c]c(C)cc(OC(F)(F)F)c1. The van der Waals surface area contributed by atoms with Crippen LogP contribution >= 0.6 is 0 Å². The van der Waals surface area contributed by atoms with Gasteiger partial charge in [-0.25, -0.2) is 0 Å². The lowest BCUT2D eigenvalue weighted by Crippen LogP contribution is -2.17. The first-order valence-corrected chi connectivity index (χ1v) is 3.63. The summed E-state index contributed by atoms with van der Waals surface area (Å²) in [5, 5.41) is 0. The molecule has 1 aromatic rings. The number of ether oxygens (including phenoxy) is 1. The lowest BCUT2D eigenvalue weighted by molar-refractivity contribution is -0.274. The molecule has 1 nitrogen and oxygen atoms in total. The van der Waals surface area contributed by atoms with Crippen LogP contribution in [0.3, 0.4) is 0 Å². The topological polar surface area (TPSA) is 9.23 Å². The Morgan fingerprint density at radius 1 is 1.15 bits per heavy atom. The maximum Gasteiger partial charge on any atom is 0.573 e. The molecular weight excluding hydrogens is 181 g/mol. The first-order chi connectivity index (χ1) is 5.87. The van der Waals surface area contributed by atoms with E-state index in [-0.39, 0.29) is 5.75 Å². The summed E-state index contributed by atoms with van der Waals surface area (Å²) in [4.78, 5) is 0. The van der Waals surface area contributed by atoms with Crippen molar-refractivity contribution in [1.82, 2.24) is 0 Å². The van der Waals surface area contributed by atoms with E-state index in [9.17, 15) is 13.2 Å². The van der Waals surface area contributed by atoms with Crippen molar-refractivity contribution in [2.24, 2.45) is 0 Å². The molecule has 1 rings (SSSR count). The third-order valence-electron chi connectivity index (χ3n) is 1.35. The van der Waals surface area contributed by atoms with E-state index in [1.807, 2.05) is 0 Å². The Morgan fingerprint density at radius 3 is 2.00 bits per heavy atom. The number of hydrogen-bond acceptors (Lipinski definition) is 1. The van der Waals surface area contributed by atoms with Crippen LogP contribution in [0.1, 0.15) is 11.1 Å². The molecule has 0 saturated heterocycles.